The summed E-state index contributed by atoms with van der Waals surface area (Å²) in [4.78, 5) is 30.7. The number of halogens is 3. The first-order valence-electron chi connectivity index (χ1n) is 16.5. The topological polar surface area (TPSA) is 158 Å². The molecule has 268 valence electrons. The first-order valence-corrected chi connectivity index (χ1v) is 20.1. The number of hydrogen-bond donors (Lipinski definition) is 5. The molecule has 0 bridgehead atoms. The standard InChI is InChI=1S/C18H18BrN3O2S.C12H15N3O2S.C5H3BrClN/c19-12-10-20-8-7-16(12)24-11-5-6-14-17(9-11)25-18(22-14)21-13-3-1-2-4-15(13)23;16-9-4-2-1-3-7(9)14-12-15-8-6-13-11(17)5-10(8)18-12;6-4-3-8-2-1-5(4)7/h5-10,13,15,23H,1-4H2,(H,21,22);5-7,9,16H,1-4H2,(H,13,17)(H,14,15);1-3H/t13-,15-;7-,9-;/m11./s1. The molecule has 2 aliphatic carbocycles. The Morgan fingerprint density at radius 3 is 1.96 bits per heavy atom. The fourth-order valence-electron chi connectivity index (χ4n) is 5.75. The van der Waals surface area contributed by atoms with Crippen molar-refractivity contribution in [3.8, 4) is 11.5 Å². The average molecular weight is 878 g/mol. The van der Waals surface area contributed by atoms with Crippen LogP contribution in [-0.2, 0) is 0 Å². The SMILES string of the molecule is Clc1ccncc1Br.O=c1cc2sc(N[C@@H]3CCCC[C@H]3O)nc2c[nH]1.O[C@@H]1CCCC[C@H]1Nc1nc2ccc(Oc3ccncc3Br)cc2s1. The van der Waals surface area contributed by atoms with Gasteiger partial charge in [-0.2, -0.15) is 0 Å². The van der Waals surface area contributed by atoms with Crippen molar-refractivity contribution in [1.82, 2.24) is 24.9 Å². The number of thiazole rings is 2. The number of H-pyrrole nitrogens is 1. The summed E-state index contributed by atoms with van der Waals surface area (Å²) < 4.78 is 9.49. The number of rotatable bonds is 6. The minimum Gasteiger partial charge on any atom is -0.456 e. The smallest absolute Gasteiger partial charge is 0.249 e. The zero-order chi connectivity index (χ0) is 35.7. The van der Waals surface area contributed by atoms with Crippen LogP contribution >= 0.6 is 66.1 Å². The lowest BCUT2D eigenvalue weighted by Gasteiger charge is -2.27. The van der Waals surface area contributed by atoms with Crippen molar-refractivity contribution in [2.75, 3.05) is 10.6 Å². The Balaban J connectivity index is 0.000000150. The van der Waals surface area contributed by atoms with Crippen LogP contribution in [0.4, 0.5) is 10.3 Å². The van der Waals surface area contributed by atoms with E-state index in [-0.39, 0.29) is 29.9 Å². The number of pyridine rings is 3. The fourth-order valence-corrected chi connectivity index (χ4v) is 8.33. The normalized spacial score (nSPS) is 20.1. The number of hydrogen-bond acceptors (Lipinski definition) is 12. The zero-order valence-corrected chi connectivity index (χ0v) is 32.8. The highest BCUT2D eigenvalue weighted by Crippen LogP contribution is 2.34. The van der Waals surface area contributed by atoms with Crippen molar-refractivity contribution in [3.63, 3.8) is 0 Å². The van der Waals surface area contributed by atoms with E-state index in [2.05, 4.69) is 67.4 Å². The summed E-state index contributed by atoms with van der Waals surface area (Å²) >= 11 is 15.3. The number of aromatic amines is 1. The van der Waals surface area contributed by atoms with E-state index in [1.54, 1.807) is 54.5 Å². The molecule has 5 aromatic heterocycles. The molecule has 0 saturated heterocycles. The molecule has 0 unspecified atom stereocenters. The predicted octanol–water partition coefficient (Wildman–Crippen LogP) is 9.16. The molecule has 2 saturated carbocycles. The number of aliphatic hydroxyl groups is 2. The van der Waals surface area contributed by atoms with Crippen LogP contribution in [0, 0.1) is 0 Å². The average Bonchev–Trinajstić information content (AvgIpc) is 3.72. The number of anilines is 2. The molecule has 6 aromatic rings. The van der Waals surface area contributed by atoms with Crippen LogP contribution < -0.4 is 20.9 Å². The van der Waals surface area contributed by atoms with Crippen molar-refractivity contribution >= 4 is 96.8 Å². The second-order valence-corrected chi connectivity index (χ2v) is 16.3. The van der Waals surface area contributed by atoms with E-state index in [0.29, 0.717) is 5.02 Å². The Morgan fingerprint density at radius 2 is 1.37 bits per heavy atom. The molecule has 2 fully saturated rings. The highest BCUT2D eigenvalue weighted by molar-refractivity contribution is 9.10. The van der Waals surface area contributed by atoms with E-state index in [4.69, 9.17) is 16.3 Å². The lowest BCUT2D eigenvalue weighted by atomic mass is 9.93. The molecule has 2 aliphatic rings. The molecule has 1 aromatic carbocycles. The van der Waals surface area contributed by atoms with Gasteiger partial charge in [0.1, 0.15) is 11.5 Å². The molecule has 0 spiro atoms. The van der Waals surface area contributed by atoms with Gasteiger partial charge in [-0.05, 0) is 75.7 Å². The number of nitrogens with zero attached hydrogens (tertiary/aromatic N) is 4. The van der Waals surface area contributed by atoms with E-state index in [9.17, 15) is 15.0 Å². The van der Waals surface area contributed by atoms with Gasteiger partial charge in [-0.1, -0.05) is 60.0 Å². The van der Waals surface area contributed by atoms with Crippen molar-refractivity contribution in [2.24, 2.45) is 0 Å². The van der Waals surface area contributed by atoms with E-state index in [0.717, 1.165) is 103 Å². The Labute approximate surface area is 324 Å². The Kier molecular flexibility index (Phi) is 13.3. The van der Waals surface area contributed by atoms with Crippen molar-refractivity contribution in [1.29, 1.82) is 0 Å². The molecule has 5 N–H and O–H groups in total. The third-order valence-corrected chi connectivity index (χ3v) is 12.1. The third-order valence-electron chi connectivity index (χ3n) is 8.42. The number of aromatic nitrogens is 5. The number of fused-ring (bicyclic) bond motifs is 2. The molecule has 0 radical (unpaired) electrons. The van der Waals surface area contributed by atoms with E-state index in [1.807, 2.05) is 24.3 Å². The van der Waals surface area contributed by atoms with Crippen LogP contribution in [0.1, 0.15) is 51.4 Å². The van der Waals surface area contributed by atoms with Gasteiger partial charge in [-0.15, -0.1) is 0 Å². The first-order chi connectivity index (χ1) is 24.7. The van der Waals surface area contributed by atoms with Gasteiger partial charge in [0.05, 0.1) is 58.7 Å². The third kappa shape index (κ3) is 10.5. The Morgan fingerprint density at radius 1 is 0.784 bits per heavy atom. The van der Waals surface area contributed by atoms with Crippen molar-refractivity contribution < 1.29 is 14.9 Å². The minimum absolute atomic E-state index is 0.0787. The summed E-state index contributed by atoms with van der Waals surface area (Å²) in [5, 5.41) is 29.0. The van der Waals surface area contributed by atoms with Gasteiger partial charge in [0.25, 0.3) is 0 Å². The second-order valence-electron chi connectivity index (χ2n) is 12.1. The van der Waals surface area contributed by atoms with Crippen LogP contribution in [-0.4, -0.2) is 59.4 Å². The van der Waals surface area contributed by atoms with Gasteiger partial charge in [0.2, 0.25) is 5.56 Å². The predicted molar refractivity (Wildman–Crippen MR) is 213 cm³/mol. The van der Waals surface area contributed by atoms with Gasteiger partial charge in [-0.25, -0.2) is 9.97 Å². The summed E-state index contributed by atoms with van der Waals surface area (Å²) in [5.74, 6) is 1.48. The van der Waals surface area contributed by atoms with E-state index >= 15 is 0 Å². The maximum atomic E-state index is 11.2. The lowest BCUT2D eigenvalue weighted by molar-refractivity contribution is 0.116. The van der Waals surface area contributed by atoms with Gasteiger partial charge in [-0.3, -0.25) is 14.8 Å². The molecule has 0 aliphatic heterocycles. The molecule has 8 rings (SSSR count). The number of ether oxygens (including phenoxy) is 1. The van der Waals surface area contributed by atoms with Crippen LogP contribution in [0.5, 0.6) is 11.5 Å². The molecule has 51 heavy (non-hydrogen) atoms. The van der Waals surface area contributed by atoms with Gasteiger partial charge in [0, 0.05) is 49.2 Å². The first kappa shape index (κ1) is 37.6. The summed E-state index contributed by atoms with van der Waals surface area (Å²) in [7, 11) is 0. The number of benzene rings is 1. The molecule has 16 heteroatoms. The van der Waals surface area contributed by atoms with Crippen molar-refractivity contribution in [2.45, 2.75) is 75.7 Å². The number of aliphatic hydroxyl groups excluding tert-OH is 2. The largest absolute Gasteiger partial charge is 0.456 e. The van der Waals surface area contributed by atoms with Crippen LogP contribution in [0.15, 0.2) is 81.1 Å². The van der Waals surface area contributed by atoms with Gasteiger partial charge < -0.3 is 30.6 Å². The quantitative estimate of drug-likeness (QED) is 0.109. The maximum Gasteiger partial charge on any atom is 0.249 e. The van der Waals surface area contributed by atoms with Gasteiger partial charge >= 0.3 is 0 Å². The minimum atomic E-state index is -0.299. The van der Waals surface area contributed by atoms with E-state index in [1.165, 1.54) is 11.3 Å². The highest BCUT2D eigenvalue weighted by atomic mass is 79.9. The summed E-state index contributed by atoms with van der Waals surface area (Å²) in [6, 6.07) is 11.1. The van der Waals surface area contributed by atoms with Gasteiger partial charge in [0.15, 0.2) is 10.3 Å². The second kappa shape index (κ2) is 18.0. The number of nitrogens with one attached hydrogen (secondary N) is 3. The summed E-state index contributed by atoms with van der Waals surface area (Å²) in [6.07, 6.45) is 15.9. The van der Waals surface area contributed by atoms with Crippen molar-refractivity contribution in [3.05, 3.63) is 91.7 Å². The molecule has 4 atom stereocenters. The summed E-state index contributed by atoms with van der Waals surface area (Å²) in [6.45, 7) is 0. The monoisotopic (exact) mass is 875 g/mol. The molecular weight excluding hydrogens is 842 g/mol. The molecule has 5 heterocycles. The summed E-state index contributed by atoms with van der Waals surface area (Å²) in [5.41, 5.74) is 1.60. The Bertz CT molecular complexity index is 2090. The molecule has 11 nitrogen and oxygen atoms in total. The molecule has 0 amide bonds. The highest BCUT2D eigenvalue weighted by Gasteiger charge is 2.25. The molecular formula is C35H36Br2ClN7O4S2. The fraction of sp³-hybridized carbons (Fsp3) is 0.343. The zero-order valence-electron chi connectivity index (χ0n) is 27.3. The maximum absolute atomic E-state index is 11.2. The van der Waals surface area contributed by atoms with Crippen LogP contribution in [0.25, 0.3) is 20.4 Å². The lowest BCUT2D eigenvalue weighted by Crippen LogP contribution is -2.36. The van der Waals surface area contributed by atoms with Crippen LogP contribution in [0.3, 0.4) is 0 Å². The van der Waals surface area contributed by atoms with Crippen LogP contribution in [0.2, 0.25) is 5.02 Å². The Hall–Kier alpha value is -3.18. The van der Waals surface area contributed by atoms with E-state index < -0.39 is 0 Å².